The van der Waals surface area contributed by atoms with Gasteiger partial charge in [-0.25, -0.2) is 0 Å². The molecule has 2 N–H and O–H groups in total. The molecule has 3 rings (SSSR count). The lowest BCUT2D eigenvalue weighted by Crippen LogP contribution is -2.36. The molecule has 1 fully saturated rings. The van der Waals surface area contributed by atoms with E-state index >= 15 is 0 Å². The van der Waals surface area contributed by atoms with Gasteiger partial charge in [0, 0.05) is 0 Å². The predicted molar refractivity (Wildman–Crippen MR) is 81.8 cm³/mol. The fraction of sp³-hybridized carbons (Fsp3) is 0.529. The van der Waals surface area contributed by atoms with Gasteiger partial charge in [-0.1, -0.05) is 62.7 Å². The normalized spacial score (nSPS) is 19.0. The van der Waals surface area contributed by atoms with Gasteiger partial charge in [0.15, 0.2) is 5.82 Å². The molecule has 4 heteroatoms. The van der Waals surface area contributed by atoms with Crippen molar-refractivity contribution in [2.24, 2.45) is 11.1 Å². The maximum Gasteiger partial charge on any atom is 0.244 e. The lowest BCUT2D eigenvalue weighted by Gasteiger charge is -2.39. The Labute approximate surface area is 125 Å². The van der Waals surface area contributed by atoms with Gasteiger partial charge in [0.05, 0.1) is 11.5 Å². The molecule has 1 aromatic heterocycles. The van der Waals surface area contributed by atoms with Crippen LogP contribution in [0.3, 0.4) is 0 Å². The largest absolute Gasteiger partial charge is 0.338 e. The van der Waals surface area contributed by atoms with E-state index in [1.165, 1.54) is 12.0 Å². The Morgan fingerprint density at radius 3 is 2.38 bits per heavy atom. The zero-order chi connectivity index (χ0) is 15.1. The molecule has 4 nitrogen and oxygen atoms in total. The second-order valence-corrected chi connectivity index (χ2v) is 7.10. The number of hydrogen-bond acceptors (Lipinski definition) is 4. The van der Waals surface area contributed by atoms with Crippen molar-refractivity contribution in [2.45, 2.75) is 51.5 Å². The van der Waals surface area contributed by atoms with E-state index in [4.69, 9.17) is 10.3 Å². The van der Waals surface area contributed by atoms with Crippen molar-refractivity contribution in [2.75, 3.05) is 0 Å². The van der Waals surface area contributed by atoms with Crippen LogP contribution in [0.4, 0.5) is 0 Å². The Kier molecular flexibility index (Phi) is 3.36. The summed E-state index contributed by atoms with van der Waals surface area (Å²) in [4.78, 5) is 4.64. The molecule has 0 saturated heterocycles. The van der Waals surface area contributed by atoms with Crippen molar-refractivity contribution >= 4 is 0 Å². The lowest BCUT2D eigenvalue weighted by molar-refractivity contribution is 0.245. The van der Waals surface area contributed by atoms with Gasteiger partial charge in [0.25, 0.3) is 0 Å². The molecule has 0 amide bonds. The van der Waals surface area contributed by atoms with Gasteiger partial charge < -0.3 is 10.3 Å². The molecule has 0 unspecified atom stereocenters. The number of nitrogens with two attached hydrogens (primary N) is 1. The highest BCUT2D eigenvalue weighted by atomic mass is 16.5. The smallest absolute Gasteiger partial charge is 0.244 e. The Hall–Kier alpha value is -1.68. The molecule has 0 bridgehead atoms. The average Bonchev–Trinajstić information content (AvgIpc) is 2.86. The standard InChI is InChI=1S/C17H23N3O/c1-16(2,3)13(18)14-19-15(20-21-14)17(10-7-11-17)12-8-5-4-6-9-12/h4-6,8-9,13H,7,10-11,18H2,1-3H3/t13-/m1/s1. The molecule has 1 aliphatic carbocycles. The number of nitrogens with zero attached hydrogens (tertiary/aromatic N) is 2. The predicted octanol–water partition coefficient (Wildman–Crippen LogP) is 3.59. The third-order valence-electron chi connectivity index (χ3n) is 4.60. The van der Waals surface area contributed by atoms with Crippen molar-refractivity contribution in [3.63, 3.8) is 0 Å². The first-order valence-electron chi connectivity index (χ1n) is 7.59. The highest BCUT2D eigenvalue weighted by molar-refractivity contribution is 5.35. The van der Waals surface area contributed by atoms with Crippen LogP contribution in [0.5, 0.6) is 0 Å². The maximum atomic E-state index is 6.23. The summed E-state index contributed by atoms with van der Waals surface area (Å²) in [6.45, 7) is 6.24. The molecule has 1 aromatic carbocycles. The highest BCUT2D eigenvalue weighted by Gasteiger charge is 2.45. The number of hydrogen-bond donors (Lipinski definition) is 1. The molecule has 2 aromatic rings. The Bertz CT molecular complexity index is 608. The van der Waals surface area contributed by atoms with Gasteiger partial charge >= 0.3 is 0 Å². The van der Waals surface area contributed by atoms with Crippen LogP contribution in [0.25, 0.3) is 0 Å². The quantitative estimate of drug-likeness (QED) is 0.936. The first-order chi connectivity index (χ1) is 9.93. The first-order valence-corrected chi connectivity index (χ1v) is 7.59. The summed E-state index contributed by atoms with van der Waals surface area (Å²) < 4.78 is 5.47. The van der Waals surface area contributed by atoms with Gasteiger partial charge in [-0.3, -0.25) is 0 Å². The van der Waals surface area contributed by atoms with E-state index in [1.54, 1.807) is 0 Å². The van der Waals surface area contributed by atoms with Crippen molar-refractivity contribution < 1.29 is 4.52 Å². The SMILES string of the molecule is CC(C)(C)[C@H](N)c1nc(C2(c3ccccc3)CCC2)no1. The van der Waals surface area contributed by atoms with Crippen LogP contribution in [0.15, 0.2) is 34.9 Å². The van der Waals surface area contributed by atoms with Crippen LogP contribution in [0.2, 0.25) is 0 Å². The zero-order valence-corrected chi connectivity index (χ0v) is 13.0. The molecular formula is C17H23N3O. The van der Waals surface area contributed by atoms with Gasteiger partial charge in [0.2, 0.25) is 5.89 Å². The molecule has 0 spiro atoms. The summed E-state index contributed by atoms with van der Waals surface area (Å²) in [6.07, 6.45) is 3.34. The van der Waals surface area contributed by atoms with E-state index in [0.29, 0.717) is 5.89 Å². The Morgan fingerprint density at radius 1 is 1.19 bits per heavy atom. The second-order valence-electron chi connectivity index (χ2n) is 7.10. The zero-order valence-electron chi connectivity index (χ0n) is 13.0. The van der Waals surface area contributed by atoms with E-state index in [9.17, 15) is 0 Å². The molecule has 0 radical (unpaired) electrons. The van der Waals surface area contributed by atoms with E-state index in [-0.39, 0.29) is 16.9 Å². The minimum Gasteiger partial charge on any atom is -0.338 e. The molecule has 112 valence electrons. The summed E-state index contributed by atoms with van der Waals surface area (Å²) in [7, 11) is 0. The van der Waals surface area contributed by atoms with E-state index in [1.807, 2.05) is 6.07 Å². The van der Waals surface area contributed by atoms with E-state index in [2.05, 4.69) is 55.2 Å². The van der Waals surface area contributed by atoms with Crippen molar-refractivity contribution in [1.29, 1.82) is 0 Å². The van der Waals surface area contributed by atoms with E-state index < -0.39 is 0 Å². The van der Waals surface area contributed by atoms with Crippen molar-refractivity contribution in [3.05, 3.63) is 47.6 Å². The maximum absolute atomic E-state index is 6.23. The second kappa shape index (κ2) is 4.95. The van der Waals surface area contributed by atoms with Gasteiger partial charge in [-0.15, -0.1) is 0 Å². The molecular weight excluding hydrogens is 262 g/mol. The number of benzene rings is 1. The lowest BCUT2D eigenvalue weighted by atomic mass is 9.64. The van der Waals surface area contributed by atoms with Crippen molar-refractivity contribution in [3.8, 4) is 0 Å². The fourth-order valence-electron chi connectivity index (χ4n) is 2.86. The monoisotopic (exact) mass is 285 g/mol. The van der Waals surface area contributed by atoms with Gasteiger partial charge in [-0.2, -0.15) is 4.98 Å². The summed E-state index contributed by atoms with van der Waals surface area (Å²) in [5.41, 5.74) is 7.33. The van der Waals surface area contributed by atoms with Crippen molar-refractivity contribution in [1.82, 2.24) is 10.1 Å². The summed E-state index contributed by atoms with van der Waals surface area (Å²) in [5.74, 6) is 1.33. The first kappa shape index (κ1) is 14.3. The van der Waals surface area contributed by atoms with Crippen LogP contribution in [0, 0.1) is 5.41 Å². The summed E-state index contributed by atoms with van der Waals surface area (Å²) in [6, 6.07) is 10.2. The molecule has 1 heterocycles. The summed E-state index contributed by atoms with van der Waals surface area (Å²) in [5, 5.41) is 4.26. The number of rotatable bonds is 3. The highest BCUT2D eigenvalue weighted by Crippen LogP contribution is 2.48. The number of aromatic nitrogens is 2. The minimum absolute atomic E-state index is 0.0827. The molecule has 1 atom stereocenters. The molecule has 1 saturated carbocycles. The fourth-order valence-corrected chi connectivity index (χ4v) is 2.86. The molecule has 21 heavy (non-hydrogen) atoms. The van der Waals surface area contributed by atoms with Crippen LogP contribution in [-0.2, 0) is 5.41 Å². The summed E-state index contributed by atoms with van der Waals surface area (Å²) >= 11 is 0. The Morgan fingerprint density at radius 2 is 1.86 bits per heavy atom. The van der Waals surface area contributed by atoms with E-state index in [0.717, 1.165) is 18.7 Å². The Balaban J connectivity index is 1.95. The topological polar surface area (TPSA) is 64.9 Å². The van der Waals surface area contributed by atoms with Crippen LogP contribution >= 0.6 is 0 Å². The average molecular weight is 285 g/mol. The molecule has 0 aliphatic heterocycles. The van der Waals surface area contributed by atoms with Gasteiger partial charge in [-0.05, 0) is 23.8 Å². The third-order valence-corrected chi connectivity index (χ3v) is 4.60. The van der Waals surface area contributed by atoms with Crippen LogP contribution < -0.4 is 5.73 Å². The van der Waals surface area contributed by atoms with Crippen LogP contribution in [0.1, 0.15) is 63.4 Å². The third kappa shape index (κ3) is 2.38. The molecule has 1 aliphatic rings. The minimum atomic E-state index is -0.244. The van der Waals surface area contributed by atoms with Gasteiger partial charge in [0.1, 0.15) is 0 Å². The van der Waals surface area contributed by atoms with Crippen LogP contribution in [-0.4, -0.2) is 10.1 Å².